The van der Waals surface area contributed by atoms with Crippen LogP contribution in [0.5, 0.6) is 5.75 Å². The summed E-state index contributed by atoms with van der Waals surface area (Å²) in [6.07, 6.45) is 1.71. The van der Waals surface area contributed by atoms with Crippen molar-refractivity contribution in [2.75, 3.05) is 17.7 Å². The minimum atomic E-state index is -0.452. The number of esters is 1. The Morgan fingerprint density at radius 2 is 2.12 bits per heavy atom. The highest BCUT2D eigenvalue weighted by atomic mass is 35.5. The number of aryl methyl sites for hydroxylation is 2. The number of nitrogens with one attached hydrogen (secondary N) is 1. The van der Waals surface area contributed by atoms with Gasteiger partial charge < -0.3 is 14.8 Å². The Hall–Kier alpha value is -2.89. The Kier molecular flexibility index (Phi) is 9.08. The molecule has 2 heterocycles. The average Bonchev–Trinajstić information content (AvgIpc) is 3.36. The lowest BCUT2D eigenvalue weighted by molar-refractivity contribution is -0.113. The van der Waals surface area contributed by atoms with E-state index in [-0.39, 0.29) is 24.9 Å². The molecule has 0 unspecified atom stereocenters. The van der Waals surface area contributed by atoms with Gasteiger partial charge in [-0.1, -0.05) is 46.8 Å². The van der Waals surface area contributed by atoms with Crippen LogP contribution in [0.2, 0.25) is 5.02 Å². The number of carbonyl (C=O) groups is 2. The zero-order valence-corrected chi connectivity index (χ0v) is 21.4. The van der Waals surface area contributed by atoms with E-state index in [4.69, 9.17) is 21.1 Å². The summed E-state index contributed by atoms with van der Waals surface area (Å²) in [6, 6.07) is 5.53. The Balaban J connectivity index is 1.62. The van der Waals surface area contributed by atoms with Gasteiger partial charge >= 0.3 is 5.97 Å². The van der Waals surface area contributed by atoms with Crippen LogP contribution in [-0.4, -0.2) is 44.0 Å². The van der Waals surface area contributed by atoms with Gasteiger partial charge in [-0.3, -0.25) is 9.36 Å². The van der Waals surface area contributed by atoms with Crippen LogP contribution in [0.15, 0.2) is 36.0 Å². The van der Waals surface area contributed by atoms with Gasteiger partial charge in [-0.15, -0.1) is 16.8 Å². The van der Waals surface area contributed by atoms with E-state index in [2.05, 4.69) is 27.1 Å². The lowest BCUT2D eigenvalue weighted by atomic mass is 10.2. The Bertz CT molecular complexity index is 1190. The van der Waals surface area contributed by atoms with Crippen LogP contribution in [0, 0.1) is 13.8 Å². The van der Waals surface area contributed by atoms with Crippen LogP contribution in [-0.2, 0) is 22.7 Å². The van der Waals surface area contributed by atoms with Gasteiger partial charge in [0, 0.05) is 6.54 Å². The van der Waals surface area contributed by atoms with Crippen LogP contribution < -0.4 is 10.1 Å². The summed E-state index contributed by atoms with van der Waals surface area (Å²) in [5.74, 6) is 0.477. The third kappa shape index (κ3) is 6.58. The molecule has 3 rings (SSSR count). The number of ether oxygens (including phenoxy) is 2. The number of amides is 1. The van der Waals surface area contributed by atoms with Crippen molar-refractivity contribution in [1.82, 2.24) is 19.7 Å². The second kappa shape index (κ2) is 12.0. The molecule has 1 amide bonds. The van der Waals surface area contributed by atoms with E-state index >= 15 is 0 Å². The number of carbonyl (C=O) groups excluding carboxylic acids is 2. The monoisotopic (exact) mass is 521 g/mol. The molecular formula is C22H24ClN5O4S2. The first-order chi connectivity index (χ1) is 16.3. The molecule has 0 fully saturated rings. The van der Waals surface area contributed by atoms with Crippen LogP contribution in [0.3, 0.4) is 0 Å². The summed E-state index contributed by atoms with van der Waals surface area (Å²) in [4.78, 5) is 29.0. The van der Waals surface area contributed by atoms with E-state index in [1.807, 2.05) is 23.6 Å². The Morgan fingerprint density at radius 3 is 2.85 bits per heavy atom. The predicted molar refractivity (Wildman–Crippen MR) is 133 cm³/mol. The van der Waals surface area contributed by atoms with Crippen molar-refractivity contribution in [1.29, 1.82) is 0 Å². The van der Waals surface area contributed by atoms with Gasteiger partial charge in [-0.05, 0) is 38.5 Å². The third-order valence-corrected chi connectivity index (χ3v) is 6.72. The lowest BCUT2D eigenvalue weighted by Gasteiger charge is -2.10. The topological polar surface area (TPSA) is 108 Å². The number of hydrogen-bond acceptors (Lipinski definition) is 9. The Morgan fingerprint density at radius 1 is 1.32 bits per heavy atom. The second-order valence-electron chi connectivity index (χ2n) is 7.01. The molecule has 0 radical (unpaired) electrons. The fourth-order valence-electron chi connectivity index (χ4n) is 2.83. The molecule has 0 bridgehead atoms. The minimum absolute atomic E-state index is 0.0766. The molecule has 0 atom stereocenters. The van der Waals surface area contributed by atoms with E-state index < -0.39 is 5.97 Å². The van der Waals surface area contributed by atoms with Gasteiger partial charge in [0.2, 0.25) is 5.91 Å². The predicted octanol–water partition coefficient (Wildman–Crippen LogP) is 4.68. The second-order valence-corrected chi connectivity index (χ2v) is 9.36. The van der Waals surface area contributed by atoms with E-state index in [0.29, 0.717) is 44.0 Å². The highest BCUT2D eigenvalue weighted by Gasteiger charge is 2.19. The maximum absolute atomic E-state index is 12.5. The van der Waals surface area contributed by atoms with Crippen LogP contribution in [0.25, 0.3) is 0 Å². The first-order valence-electron chi connectivity index (χ1n) is 10.3. The van der Waals surface area contributed by atoms with Gasteiger partial charge in [0.15, 0.2) is 16.1 Å². The number of halogens is 1. The molecule has 3 aromatic rings. The maximum Gasteiger partial charge on any atom is 0.350 e. The lowest BCUT2D eigenvalue weighted by Crippen LogP contribution is -2.15. The quantitative estimate of drug-likeness (QED) is 0.220. The Labute approximate surface area is 210 Å². The third-order valence-electron chi connectivity index (χ3n) is 4.38. The van der Waals surface area contributed by atoms with Crippen LogP contribution >= 0.6 is 34.7 Å². The first-order valence-corrected chi connectivity index (χ1v) is 12.5. The normalized spacial score (nSPS) is 10.7. The maximum atomic E-state index is 12.5. The van der Waals surface area contributed by atoms with Crippen molar-refractivity contribution in [3.8, 4) is 5.75 Å². The number of benzene rings is 1. The van der Waals surface area contributed by atoms with Gasteiger partial charge in [-0.25, -0.2) is 9.78 Å². The molecular weight excluding hydrogens is 498 g/mol. The molecule has 180 valence electrons. The number of nitrogens with zero attached hydrogens (tertiary/aromatic N) is 4. The summed E-state index contributed by atoms with van der Waals surface area (Å²) in [5, 5.41) is 12.5. The van der Waals surface area contributed by atoms with Crippen LogP contribution in [0.1, 0.15) is 33.7 Å². The van der Waals surface area contributed by atoms with E-state index in [0.717, 1.165) is 16.9 Å². The largest absolute Gasteiger partial charge is 0.484 e. The zero-order valence-electron chi connectivity index (χ0n) is 19.0. The molecule has 34 heavy (non-hydrogen) atoms. The number of thiazole rings is 1. The van der Waals surface area contributed by atoms with Crippen molar-refractivity contribution in [2.24, 2.45) is 0 Å². The molecule has 9 nitrogen and oxygen atoms in total. The molecule has 2 aromatic heterocycles. The molecule has 12 heteroatoms. The van der Waals surface area contributed by atoms with Gasteiger partial charge in [0.25, 0.3) is 0 Å². The van der Waals surface area contributed by atoms with E-state index in [9.17, 15) is 9.59 Å². The number of rotatable bonds is 11. The molecule has 0 saturated heterocycles. The minimum Gasteiger partial charge on any atom is -0.484 e. The van der Waals surface area contributed by atoms with Crippen LogP contribution in [0.4, 0.5) is 5.13 Å². The average molecular weight is 522 g/mol. The molecule has 0 aliphatic rings. The van der Waals surface area contributed by atoms with Crippen molar-refractivity contribution < 1.29 is 19.1 Å². The number of allylic oxidation sites excluding steroid dienone is 1. The first kappa shape index (κ1) is 25.7. The highest BCUT2D eigenvalue weighted by Crippen LogP contribution is 2.27. The fourth-order valence-corrected chi connectivity index (χ4v) is 4.65. The number of hydrogen-bond donors (Lipinski definition) is 1. The fraction of sp³-hybridized carbons (Fsp3) is 0.318. The molecule has 0 spiro atoms. The zero-order chi connectivity index (χ0) is 24.7. The van der Waals surface area contributed by atoms with Gasteiger partial charge in [-0.2, -0.15) is 0 Å². The molecule has 1 aromatic carbocycles. The highest BCUT2D eigenvalue weighted by molar-refractivity contribution is 7.99. The smallest absolute Gasteiger partial charge is 0.350 e. The van der Waals surface area contributed by atoms with Gasteiger partial charge in [0.05, 0.1) is 23.1 Å². The van der Waals surface area contributed by atoms with Crippen molar-refractivity contribution in [3.63, 3.8) is 0 Å². The van der Waals surface area contributed by atoms with Crippen molar-refractivity contribution in [3.05, 3.63) is 57.8 Å². The summed E-state index contributed by atoms with van der Waals surface area (Å²) in [5.41, 5.74) is 1.54. The van der Waals surface area contributed by atoms with Crippen molar-refractivity contribution in [2.45, 2.75) is 39.1 Å². The van der Waals surface area contributed by atoms with E-state index in [1.165, 1.54) is 11.8 Å². The summed E-state index contributed by atoms with van der Waals surface area (Å²) >= 11 is 8.50. The SMILES string of the molecule is C=CCn1c(COc2cc(C)ccc2Cl)nnc1SCC(=O)Nc1nc(C)c(C(=O)OCC)s1. The molecule has 1 N–H and O–H groups in total. The molecule has 0 aliphatic heterocycles. The number of thioether (sulfide) groups is 1. The van der Waals surface area contributed by atoms with Gasteiger partial charge in [0.1, 0.15) is 17.2 Å². The standard InChI is InChI=1S/C22H24ClN5O4S2/c1-5-9-28-17(11-32-16-10-13(3)7-8-15(16)23)26-27-22(28)33-12-18(29)25-21-24-14(4)19(34-21)20(30)31-6-2/h5,7-8,10H,1,6,9,11-12H2,2-4H3,(H,24,25,29). The molecule has 0 aliphatic carbocycles. The molecule has 0 saturated carbocycles. The summed E-state index contributed by atoms with van der Waals surface area (Å²) in [7, 11) is 0. The number of aromatic nitrogens is 4. The van der Waals surface area contributed by atoms with Crippen molar-refractivity contribution >= 4 is 51.7 Å². The summed E-state index contributed by atoms with van der Waals surface area (Å²) < 4.78 is 12.7. The van der Waals surface area contributed by atoms with E-state index in [1.54, 1.807) is 26.0 Å². The number of anilines is 1. The summed E-state index contributed by atoms with van der Waals surface area (Å²) in [6.45, 7) is 10.0.